The van der Waals surface area contributed by atoms with Gasteiger partial charge in [-0.2, -0.15) is 0 Å². The Morgan fingerprint density at radius 2 is 1.33 bits per heavy atom. The summed E-state index contributed by atoms with van der Waals surface area (Å²) in [6.45, 7) is 0. The van der Waals surface area contributed by atoms with Crippen LogP contribution in [0.3, 0.4) is 0 Å². The lowest BCUT2D eigenvalue weighted by molar-refractivity contribution is -0.129. The van der Waals surface area contributed by atoms with Crippen molar-refractivity contribution >= 4 is 17.1 Å². The zero-order chi connectivity index (χ0) is 20.6. The molecule has 0 bridgehead atoms. The van der Waals surface area contributed by atoms with Gasteiger partial charge in [-0.25, -0.2) is 0 Å². The lowest BCUT2D eigenvalue weighted by Gasteiger charge is -2.46. The fourth-order valence-electron chi connectivity index (χ4n) is 5.10. The SMILES string of the molecule is O=C1C=C(c2ccccc2)C(=O)[C@@]2(c3ccccc3)C=CC[C@@H](c3ccccc3)[C@@H]12. The predicted octanol–water partition coefficient (Wildman–Crippen LogP) is 5.52. The number of hydrogen-bond donors (Lipinski definition) is 0. The van der Waals surface area contributed by atoms with Gasteiger partial charge in [-0.15, -0.1) is 0 Å². The molecular weight excluding hydrogens is 368 g/mol. The highest BCUT2D eigenvalue weighted by Crippen LogP contribution is 2.52. The summed E-state index contributed by atoms with van der Waals surface area (Å²) < 4.78 is 0. The maximum atomic E-state index is 14.1. The van der Waals surface area contributed by atoms with Gasteiger partial charge in [0.2, 0.25) is 0 Å². The number of rotatable bonds is 3. The first-order valence-electron chi connectivity index (χ1n) is 10.4. The van der Waals surface area contributed by atoms with E-state index in [9.17, 15) is 9.59 Å². The summed E-state index contributed by atoms with van der Waals surface area (Å²) in [6, 6.07) is 29.4. The molecular formula is C28H22O2. The third-order valence-corrected chi connectivity index (χ3v) is 6.44. The van der Waals surface area contributed by atoms with Crippen molar-refractivity contribution in [1.29, 1.82) is 0 Å². The lowest BCUT2D eigenvalue weighted by Crippen LogP contribution is -2.52. The van der Waals surface area contributed by atoms with Crippen molar-refractivity contribution in [2.24, 2.45) is 5.92 Å². The highest BCUT2D eigenvalue weighted by atomic mass is 16.1. The molecule has 0 unspecified atom stereocenters. The Hall–Kier alpha value is -3.52. The number of hydrogen-bond acceptors (Lipinski definition) is 2. The second kappa shape index (κ2) is 7.38. The fourth-order valence-corrected chi connectivity index (χ4v) is 5.10. The molecule has 0 spiro atoms. The van der Waals surface area contributed by atoms with Crippen LogP contribution < -0.4 is 0 Å². The minimum atomic E-state index is -0.989. The van der Waals surface area contributed by atoms with Crippen molar-refractivity contribution in [2.45, 2.75) is 17.8 Å². The molecule has 2 heteroatoms. The monoisotopic (exact) mass is 390 g/mol. The van der Waals surface area contributed by atoms with Crippen LogP contribution in [0, 0.1) is 5.92 Å². The van der Waals surface area contributed by atoms with Gasteiger partial charge < -0.3 is 0 Å². The van der Waals surface area contributed by atoms with Gasteiger partial charge in [-0.3, -0.25) is 9.59 Å². The second-order valence-corrected chi connectivity index (χ2v) is 8.02. The standard InChI is InChI=1S/C28H22O2/c29-25-19-24(21-13-6-2-7-14-21)27(30)28(22-15-8-3-9-16-22)18-10-17-23(26(25)28)20-11-4-1-5-12-20/h1-16,18-19,23,26H,17H2/t23-,26-,28+/m0/s1. The first-order valence-corrected chi connectivity index (χ1v) is 10.4. The van der Waals surface area contributed by atoms with E-state index in [-0.39, 0.29) is 17.5 Å². The number of fused-ring (bicyclic) bond motifs is 1. The molecule has 5 rings (SSSR count). The van der Waals surface area contributed by atoms with E-state index in [1.807, 2.05) is 84.9 Å². The van der Waals surface area contributed by atoms with Crippen molar-refractivity contribution in [3.63, 3.8) is 0 Å². The van der Waals surface area contributed by atoms with Crippen molar-refractivity contribution in [3.05, 3.63) is 126 Å². The normalized spacial score (nSPS) is 25.5. The third kappa shape index (κ3) is 2.80. The van der Waals surface area contributed by atoms with Crippen LogP contribution in [-0.2, 0) is 15.0 Å². The van der Waals surface area contributed by atoms with Crippen LogP contribution in [0.25, 0.3) is 5.57 Å². The van der Waals surface area contributed by atoms with Gasteiger partial charge in [0.15, 0.2) is 11.6 Å². The van der Waals surface area contributed by atoms with Gasteiger partial charge in [0, 0.05) is 11.5 Å². The van der Waals surface area contributed by atoms with Crippen molar-refractivity contribution in [2.75, 3.05) is 0 Å². The number of Topliss-reactive ketones (excluding diaryl/α,β-unsaturated/α-hetero) is 1. The van der Waals surface area contributed by atoms with Crippen LogP contribution in [0.2, 0.25) is 0 Å². The van der Waals surface area contributed by atoms with E-state index in [4.69, 9.17) is 0 Å². The summed E-state index contributed by atoms with van der Waals surface area (Å²) in [4.78, 5) is 27.8. The molecule has 0 saturated heterocycles. The topological polar surface area (TPSA) is 34.1 Å². The van der Waals surface area contributed by atoms with E-state index < -0.39 is 11.3 Å². The molecule has 0 radical (unpaired) electrons. The van der Waals surface area contributed by atoms with Gasteiger partial charge in [0.25, 0.3) is 0 Å². The molecule has 2 aliphatic carbocycles. The molecule has 0 amide bonds. The maximum absolute atomic E-state index is 14.1. The molecule has 3 aromatic carbocycles. The number of carbonyl (C=O) groups excluding carboxylic acids is 2. The van der Waals surface area contributed by atoms with Gasteiger partial charge in [0.05, 0.1) is 5.41 Å². The minimum absolute atomic E-state index is 0.00128. The molecule has 146 valence electrons. The summed E-state index contributed by atoms with van der Waals surface area (Å²) in [5.74, 6) is -0.467. The smallest absolute Gasteiger partial charge is 0.178 e. The Morgan fingerprint density at radius 3 is 2.00 bits per heavy atom. The molecule has 3 atom stereocenters. The Balaban J connectivity index is 1.75. The minimum Gasteiger partial charge on any atom is -0.294 e. The number of benzene rings is 3. The highest BCUT2D eigenvalue weighted by molar-refractivity contribution is 6.33. The van der Waals surface area contributed by atoms with Gasteiger partial charge in [0.1, 0.15) is 0 Å². The van der Waals surface area contributed by atoms with E-state index in [0.29, 0.717) is 5.57 Å². The molecule has 0 aromatic heterocycles. The van der Waals surface area contributed by atoms with Crippen molar-refractivity contribution in [3.8, 4) is 0 Å². The molecule has 2 aliphatic rings. The van der Waals surface area contributed by atoms with E-state index in [1.54, 1.807) is 6.08 Å². The Labute approximate surface area is 176 Å². The second-order valence-electron chi connectivity index (χ2n) is 8.02. The summed E-state index contributed by atoms with van der Waals surface area (Å²) in [7, 11) is 0. The fraction of sp³-hybridized carbons (Fsp3) is 0.143. The van der Waals surface area contributed by atoms with Crippen LogP contribution in [0.4, 0.5) is 0 Å². The lowest BCUT2D eigenvalue weighted by atomic mass is 9.54. The molecule has 0 N–H and O–H groups in total. The van der Waals surface area contributed by atoms with Crippen molar-refractivity contribution in [1.82, 2.24) is 0 Å². The van der Waals surface area contributed by atoms with Crippen LogP contribution >= 0.6 is 0 Å². The average molecular weight is 390 g/mol. The average Bonchev–Trinajstić information content (AvgIpc) is 2.82. The molecule has 2 nitrogen and oxygen atoms in total. The quantitative estimate of drug-likeness (QED) is 0.552. The van der Waals surface area contributed by atoms with Crippen LogP contribution in [0.1, 0.15) is 29.0 Å². The zero-order valence-corrected chi connectivity index (χ0v) is 16.6. The van der Waals surface area contributed by atoms with E-state index in [2.05, 4.69) is 18.2 Å². The summed E-state index contributed by atoms with van der Waals surface area (Å²) in [6.07, 6.45) is 6.40. The number of ketones is 2. The van der Waals surface area contributed by atoms with Crippen LogP contribution in [0.15, 0.2) is 109 Å². The molecule has 0 aliphatic heterocycles. The summed E-state index contributed by atoms with van der Waals surface area (Å²) >= 11 is 0. The Bertz CT molecular complexity index is 1140. The van der Waals surface area contributed by atoms with E-state index in [1.165, 1.54) is 0 Å². The first kappa shape index (κ1) is 18.5. The largest absolute Gasteiger partial charge is 0.294 e. The molecule has 0 saturated carbocycles. The van der Waals surface area contributed by atoms with Crippen molar-refractivity contribution < 1.29 is 9.59 Å². The van der Waals surface area contributed by atoms with Crippen LogP contribution in [0.5, 0.6) is 0 Å². The zero-order valence-electron chi connectivity index (χ0n) is 16.6. The molecule has 3 aromatic rings. The third-order valence-electron chi connectivity index (χ3n) is 6.44. The molecule has 0 fully saturated rings. The predicted molar refractivity (Wildman–Crippen MR) is 119 cm³/mol. The van der Waals surface area contributed by atoms with E-state index >= 15 is 0 Å². The molecule has 0 heterocycles. The Kier molecular flexibility index (Phi) is 4.55. The number of carbonyl (C=O) groups is 2. The van der Waals surface area contributed by atoms with Crippen LogP contribution in [-0.4, -0.2) is 11.6 Å². The Morgan fingerprint density at radius 1 is 0.733 bits per heavy atom. The van der Waals surface area contributed by atoms with Gasteiger partial charge >= 0.3 is 0 Å². The first-order chi connectivity index (χ1) is 14.7. The molecule has 30 heavy (non-hydrogen) atoms. The van der Waals surface area contributed by atoms with Gasteiger partial charge in [-0.05, 0) is 35.1 Å². The van der Waals surface area contributed by atoms with E-state index in [0.717, 1.165) is 23.1 Å². The number of allylic oxidation sites excluding steroid dienone is 4. The maximum Gasteiger partial charge on any atom is 0.178 e. The highest BCUT2D eigenvalue weighted by Gasteiger charge is 2.55. The summed E-state index contributed by atoms with van der Waals surface area (Å²) in [5, 5.41) is 0. The summed E-state index contributed by atoms with van der Waals surface area (Å²) in [5.41, 5.74) is 2.28. The van der Waals surface area contributed by atoms with Gasteiger partial charge in [-0.1, -0.05) is 103 Å².